The fraction of sp³-hybridized carbons (Fsp3) is 0.375. The lowest BCUT2D eigenvalue weighted by Crippen LogP contribution is -2.28. The van der Waals surface area contributed by atoms with Crippen LogP contribution in [0.4, 0.5) is 11.4 Å². The van der Waals surface area contributed by atoms with Crippen molar-refractivity contribution in [1.82, 2.24) is 10.3 Å². The van der Waals surface area contributed by atoms with Crippen molar-refractivity contribution in [3.63, 3.8) is 0 Å². The Morgan fingerprint density at radius 1 is 1.21 bits per heavy atom. The van der Waals surface area contributed by atoms with Crippen LogP contribution in [-0.2, 0) is 19.8 Å². The van der Waals surface area contributed by atoms with E-state index >= 15 is 0 Å². The maximum Gasteiger partial charge on any atom is 0.231 e. The maximum atomic E-state index is 11.9. The Labute approximate surface area is 193 Å². The van der Waals surface area contributed by atoms with Gasteiger partial charge in [0.15, 0.2) is 5.58 Å². The SMILES string of the molecule is CNC(=O)CCN(C=O)c1cc(-c2nc3ccc(NOC)cc3o2)c(OC)c(C(C)(C)C)c1. The van der Waals surface area contributed by atoms with Gasteiger partial charge in [-0.25, -0.2) is 4.98 Å². The number of nitrogens with one attached hydrogen (secondary N) is 2. The summed E-state index contributed by atoms with van der Waals surface area (Å²) in [5.41, 5.74) is 6.56. The van der Waals surface area contributed by atoms with E-state index in [4.69, 9.17) is 14.0 Å². The van der Waals surface area contributed by atoms with Gasteiger partial charge in [-0.05, 0) is 29.7 Å². The molecule has 9 heteroatoms. The van der Waals surface area contributed by atoms with E-state index in [1.807, 2.05) is 18.2 Å². The highest BCUT2D eigenvalue weighted by atomic mass is 16.6. The van der Waals surface area contributed by atoms with Crippen LogP contribution in [0.5, 0.6) is 5.75 Å². The van der Waals surface area contributed by atoms with Crippen LogP contribution in [0.2, 0.25) is 0 Å². The minimum atomic E-state index is -0.299. The second kappa shape index (κ2) is 9.91. The monoisotopic (exact) mass is 454 g/mol. The van der Waals surface area contributed by atoms with Gasteiger partial charge < -0.3 is 19.4 Å². The normalized spacial score (nSPS) is 11.3. The molecule has 0 spiro atoms. The maximum absolute atomic E-state index is 11.9. The second-order valence-corrected chi connectivity index (χ2v) is 8.55. The van der Waals surface area contributed by atoms with Crippen molar-refractivity contribution in [1.29, 1.82) is 0 Å². The fourth-order valence-corrected chi connectivity index (χ4v) is 3.53. The molecule has 3 rings (SSSR count). The third-order valence-electron chi connectivity index (χ3n) is 5.24. The summed E-state index contributed by atoms with van der Waals surface area (Å²) < 4.78 is 11.9. The number of oxazole rings is 1. The zero-order valence-electron chi connectivity index (χ0n) is 19.8. The summed E-state index contributed by atoms with van der Waals surface area (Å²) in [4.78, 5) is 34.8. The summed E-state index contributed by atoms with van der Waals surface area (Å²) in [5, 5.41) is 2.57. The molecule has 2 aromatic carbocycles. The number of fused-ring (bicyclic) bond motifs is 1. The van der Waals surface area contributed by atoms with E-state index in [9.17, 15) is 9.59 Å². The van der Waals surface area contributed by atoms with Gasteiger partial charge in [-0.3, -0.25) is 19.9 Å². The van der Waals surface area contributed by atoms with Crippen LogP contribution in [0.3, 0.4) is 0 Å². The number of aromatic nitrogens is 1. The third kappa shape index (κ3) is 5.25. The van der Waals surface area contributed by atoms with Crippen molar-refractivity contribution in [3.8, 4) is 17.2 Å². The number of hydrogen-bond donors (Lipinski definition) is 2. The highest BCUT2D eigenvalue weighted by Crippen LogP contribution is 2.43. The summed E-state index contributed by atoms with van der Waals surface area (Å²) in [6.07, 6.45) is 0.898. The summed E-state index contributed by atoms with van der Waals surface area (Å²) in [6.45, 7) is 6.41. The molecule has 0 saturated carbocycles. The van der Waals surface area contributed by atoms with Crippen molar-refractivity contribution in [2.45, 2.75) is 32.6 Å². The van der Waals surface area contributed by atoms with E-state index in [0.717, 1.165) is 17.7 Å². The molecule has 0 radical (unpaired) electrons. The number of methoxy groups -OCH3 is 1. The molecule has 0 bridgehead atoms. The zero-order valence-corrected chi connectivity index (χ0v) is 19.8. The molecular weight excluding hydrogens is 424 g/mol. The van der Waals surface area contributed by atoms with Gasteiger partial charge in [-0.1, -0.05) is 20.8 Å². The highest BCUT2D eigenvalue weighted by Gasteiger charge is 2.26. The van der Waals surface area contributed by atoms with Gasteiger partial charge >= 0.3 is 0 Å². The van der Waals surface area contributed by atoms with Gasteiger partial charge in [-0.15, -0.1) is 0 Å². The van der Waals surface area contributed by atoms with Crippen LogP contribution >= 0.6 is 0 Å². The molecule has 0 aliphatic rings. The van der Waals surface area contributed by atoms with Crippen LogP contribution < -0.4 is 20.4 Å². The van der Waals surface area contributed by atoms with E-state index in [1.54, 1.807) is 26.3 Å². The Hall–Kier alpha value is -3.59. The first-order valence-electron chi connectivity index (χ1n) is 10.6. The Bertz CT molecular complexity index is 1150. The predicted molar refractivity (Wildman–Crippen MR) is 127 cm³/mol. The Kier molecular flexibility index (Phi) is 7.23. The van der Waals surface area contributed by atoms with Crippen molar-refractivity contribution in [2.75, 3.05) is 38.2 Å². The summed E-state index contributed by atoms with van der Waals surface area (Å²) >= 11 is 0. The Balaban J connectivity index is 2.16. The molecule has 2 amide bonds. The quantitative estimate of drug-likeness (QED) is 0.373. The number of carbonyl (C=O) groups is 2. The summed E-state index contributed by atoms with van der Waals surface area (Å²) in [6, 6.07) is 9.15. The average Bonchev–Trinajstić information content (AvgIpc) is 3.21. The highest BCUT2D eigenvalue weighted by molar-refractivity contribution is 5.85. The lowest BCUT2D eigenvalue weighted by molar-refractivity contribution is -0.120. The Morgan fingerprint density at radius 2 is 1.97 bits per heavy atom. The molecule has 3 aromatic rings. The number of benzene rings is 2. The van der Waals surface area contributed by atoms with Gasteiger partial charge in [0.05, 0.1) is 25.5 Å². The van der Waals surface area contributed by atoms with E-state index < -0.39 is 0 Å². The molecule has 0 aliphatic heterocycles. The van der Waals surface area contributed by atoms with Gasteiger partial charge in [0, 0.05) is 37.3 Å². The summed E-state index contributed by atoms with van der Waals surface area (Å²) in [5.74, 6) is 0.831. The molecule has 0 atom stereocenters. The third-order valence-corrected chi connectivity index (χ3v) is 5.24. The molecule has 0 unspecified atom stereocenters. The summed E-state index contributed by atoms with van der Waals surface area (Å²) in [7, 11) is 4.70. The molecule has 1 heterocycles. The van der Waals surface area contributed by atoms with Gasteiger partial charge in [0.25, 0.3) is 0 Å². The Morgan fingerprint density at radius 3 is 2.58 bits per heavy atom. The molecule has 0 saturated heterocycles. The standard InChI is InChI=1S/C24H30N4O5/c1-24(2,3)18-13-16(28(14-29)10-9-21(30)25-4)12-17(22(18)31-5)23-26-19-8-7-15(27-32-6)11-20(19)33-23/h7-8,11-14,27H,9-10H2,1-6H3,(H,25,30). The number of amides is 2. The molecule has 1 aromatic heterocycles. The van der Waals surface area contributed by atoms with Crippen molar-refractivity contribution >= 4 is 34.8 Å². The first-order valence-corrected chi connectivity index (χ1v) is 10.6. The van der Waals surface area contributed by atoms with E-state index in [0.29, 0.717) is 34.0 Å². The first-order chi connectivity index (χ1) is 15.7. The molecule has 33 heavy (non-hydrogen) atoms. The van der Waals surface area contributed by atoms with Crippen molar-refractivity contribution in [2.24, 2.45) is 0 Å². The minimum absolute atomic E-state index is 0.147. The number of ether oxygens (including phenoxy) is 1. The van der Waals surface area contributed by atoms with Crippen LogP contribution in [-0.4, -0.2) is 45.1 Å². The van der Waals surface area contributed by atoms with Gasteiger partial charge in [0.1, 0.15) is 11.3 Å². The first kappa shape index (κ1) is 24.1. The number of rotatable bonds is 9. The molecule has 176 valence electrons. The van der Waals surface area contributed by atoms with Crippen LogP contribution in [0.25, 0.3) is 22.6 Å². The van der Waals surface area contributed by atoms with E-state index in [-0.39, 0.29) is 24.3 Å². The van der Waals surface area contributed by atoms with E-state index in [1.165, 1.54) is 12.0 Å². The van der Waals surface area contributed by atoms with Crippen molar-refractivity contribution in [3.05, 3.63) is 35.9 Å². The predicted octanol–water partition coefficient (Wildman–Crippen LogP) is 3.87. The van der Waals surface area contributed by atoms with E-state index in [2.05, 4.69) is 36.6 Å². The lowest BCUT2D eigenvalue weighted by Gasteiger charge is -2.27. The molecular formula is C24H30N4O5. The van der Waals surface area contributed by atoms with Crippen LogP contribution in [0.15, 0.2) is 34.7 Å². The number of nitrogens with zero attached hydrogens (tertiary/aromatic N) is 2. The topological polar surface area (TPSA) is 106 Å². The fourth-order valence-electron chi connectivity index (χ4n) is 3.53. The van der Waals surface area contributed by atoms with Crippen molar-refractivity contribution < 1.29 is 23.6 Å². The molecule has 0 aliphatic carbocycles. The van der Waals surface area contributed by atoms with Crippen LogP contribution in [0.1, 0.15) is 32.8 Å². The second-order valence-electron chi connectivity index (χ2n) is 8.55. The van der Waals surface area contributed by atoms with Gasteiger partial charge in [-0.2, -0.15) is 0 Å². The molecule has 9 nitrogen and oxygen atoms in total. The minimum Gasteiger partial charge on any atom is -0.496 e. The average molecular weight is 455 g/mol. The molecule has 0 fully saturated rings. The molecule has 2 N–H and O–H groups in total. The van der Waals surface area contributed by atoms with Crippen LogP contribution in [0, 0.1) is 0 Å². The number of anilines is 2. The lowest BCUT2D eigenvalue weighted by atomic mass is 9.84. The number of hydrogen-bond acceptors (Lipinski definition) is 7. The van der Waals surface area contributed by atoms with Gasteiger partial charge in [0.2, 0.25) is 18.2 Å². The smallest absolute Gasteiger partial charge is 0.231 e. The largest absolute Gasteiger partial charge is 0.496 e. The number of carbonyl (C=O) groups excluding carboxylic acids is 2. The zero-order chi connectivity index (χ0) is 24.2.